The first-order valence-electron chi connectivity index (χ1n) is 8.90. The summed E-state index contributed by atoms with van der Waals surface area (Å²) in [6.07, 6.45) is 3.64. The van der Waals surface area contributed by atoms with Gasteiger partial charge in [0.2, 0.25) is 15.9 Å². The van der Waals surface area contributed by atoms with Gasteiger partial charge in [0.1, 0.15) is 0 Å². The van der Waals surface area contributed by atoms with Crippen molar-refractivity contribution in [2.45, 2.75) is 25.7 Å². The quantitative estimate of drug-likeness (QED) is 0.610. The van der Waals surface area contributed by atoms with Gasteiger partial charge in [-0.3, -0.25) is 9.10 Å². The van der Waals surface area contributed by atoms with Crippen molar-refractivity contribution in [2.24, 2.45) is 0 Å². The summed E-state index contributed by atoms with van der Waals surface area (Å²) in [4.78, 5) is 12.0. The van der Waals surface area contributed by atoms with Crippen molar-refractivity contribution in [1.29, 1.82) is 0 Å². The Balaban J connectivity index is 1.75. The Hall–Kier alpha value is -2.05. The average molecular weight is 409 g/mol. The number of hydrogen-bond acceptors (Lipinski definition) is 3. The van der Waals surface area contributed by atoms with E-state index in [4.69, 9.17) is 11.6 Å². The molecule has 0 spiro atoms. The van der Waals surface area contributed by atoms with Crippen molar-refractivity contribution in [2.75, 3.05) is 23.7 Å². The summed E-state index contributed by atoms with van der Waals surface area (Å²) in [6.45, 7) is 0.842. The molecular formula is C20H25ClN2O3S. The van der Waals surface area contributed by atoms with Gasteiger partial charge in [-0.15, -0.1) is 0 Å². The molecule has 2 rings (SSSR count). The van der Waals surface area contributed by atoms with E-state index in [1.165, 1.54) is 9.87 Å². The monoisotopic (exact) mass is 408 g/mol. The molecule has 0 aliphatic heterocycles. The Morgan fingerprint density at radius 2 is 1.81 bits per heavy atom. The molecule has 0 saturated heterocycles. The minimum Gasteiger partial charge on any atom is -0.356 e. The molecule has 0 bridgehead atoms. The molecule has 5 nitrogen and oxygen atoms in total. The first-order chi connectivity index (χ1) is 12.9. The molecule has 0 aliphatic carbocycles. The second-order valence-corrected chi connectivity index (χ2v) is 8.70. The van der Waals surface area contributed by atoms with E-state index in [2.05, 4.69) is 17.4 Å². The molecule has 27 heavy (non-hydrogen) atoms. The Morgan fingerprint density at radius 3 is 2.48 bits per heavy atom. The van der Waals surface area contributed by atoms with Gasteiger partial charge in [-0.05, 0) is 43.0 Å². The maximum atomic E-state index is 12.0. The summed E-state index contributed by atoms with van der Waals surface area (Å²) in [6, 6.07) is 16.8. The molecule has 0 saturated carbocycles. The Labute approximate surface area is 166 Å². The van der Waals surface area contributed by atoms with E-state index >= 15 is 0 Å². The Bertz CT molecular complexity index is 841. The van der Waals surface area contributed by atoms with Crippen LogP contribution in [0.4, 0.5) is 5.69 Å². The number of hydrogen-bond donors (Lipinski definition) is 1. The Morgan fingerprint density at radius 1 is 1.07 bits per heavy atom. The van der Waals surface area contributed by atoms with Gasteiger partial charge in [0.05, 0.1) is 11.9 Å². The third-order valence-corrected chi connectivity index (χ3v) is 5.50. The summed E-state index contributed by atoms with van der Waals surface area (Å²) in [5.74, 6) is -0.0670. The van der Waals surface area contributed by atoms with Gasteiger partial charge in [-0.25, -0.2) is 8.42 Å². The topological polar surface area (TPSA) is 66.5 Å². The molecule has 0 radical (unpaired) electrons. The van der Waals surface area contributed by atoms with Crippen molar-refractivity contribution in [1.82, 2.24) is 5.32 Å². The maximum Gasteiger partial charge on any atom is 0.232 e. The zero-order valence-corrected chi connectivity index (χ0v) is 17.0. The van der Waals surface area contributed by atoms with E-state index in [9.17, 15) is 13.2 Å². The van der Waals surface area contributed by atoms with Crippen LogP contribution in [0, 0.1) is 0 Å². The summed E-state index contributed by atoms with van der Waals surface area (Å²) >= 11 is 5.95. The number of halogens is 1. The van der Waals surface area contributed by atoms with Crippen molar-refractivity contribution in [3.8, 4) is 0 Å². The summed E-state index contributed by atoms with van der Waals surface area (Å²) in [5, 5.41) is 3.36. The van der Waals surface area contributed by atoms with Crippen molar-refractivity contribution < 1.29 is 13.2 Å². The largest absolute Gasteiger partial charge is 0.356 e. The molecule has 0 aliphatic rings. The van der Waals surface area contributed by atoms with Crippen molar-refractivity contribution in [3.05, 3.63) is 65.2 Å². The third kappa shape index (κ3) is 7.61. The maximum absolute atomic E-state index is 12.0. The predicted octanol–water partition coefficient (Wildman–Crippen LogP) is 3.64. The second kappa shape index (κ2) is 10.3. The van der Waals surface area contributed by atoms with E-state index < -0.39 is 10.0 Å². The van der Waals surface area contributed by atoms with Crippen LogP contribution in [0.15, 0.2) is 54.6 Å². The van der Waals surface area contributed by atoms with Gasteiger partial charge < -0.3 is 5.32 Å². The van der Waals surface area contributed by atoms with E-state index in [1.807, 2.05) is 18.2 Å². The predicted molar refractivity (Wildman–Crippen MR) is 111 cm³/mol. The second-order valence-electron chi connectivity index (χ2n) is 6.36. The van der Waals surface area contributed by atoms with Crippen LogP contribution in [-0.4, -0.2) is 33.7 Å². The number of benzene rings is 2. The first kappa shape index (κ1) is 21.3. The molecule has 0 heterocycles. The lowest BCUT2D eigenvalue weighted by Gasteiger charge is -2.22. The van der Waals surface area contributed by atoms with Crippen LogP contribution in [0.2, 0.25) is 5.02 Å². The lowest BCUT2D eigenvalue weighted by molar-refractivity contribution is -0.121. The van der Waals surface area contributed by atoms with E-state index in [-0.39, 0.29) is 18.9 Å². The first-order valence-corrected chi connectivity index (χ1v) is 11.1. The number of nitrogens with one attached hydrogen (secondary N) is 1. The van der Waals surface area contributed by atoms with Crippen molar-refractivity contribution >= 4 is 33.2 Å². The lowest BCUT2D eigenvalue weighted by atomic mass is 10.1. The number of carbonyl (C=O) groups is 1. The van der Waals surface area contributed by atoms with Crippen LogP contribution in [-0.2, 0) is 21.2 Å². The fourth-order valence-electron chi connectivity index (χ4n) is 2.75. The van der Waals surface area contributed by atoms with Gasteiger partial charge in [0.25, 0.3) is 0 Å². The zero-order valence-electron chi connectivity index (χ0n) is 15.4. The minimum absolute atomic E-state index is 0.0670. The van der Waals surface area contributed by atoms with Gasteiger partial charge >= 0.3 is 0 Å². The van der Waals surface area contributed by atoms with Gasteiger partial charge in [0, 0.05) is 24.5 Å². The Kier molecular flexibility index (Phi) is 8.13. The van der Waals surface area contributed by atoms with E-state index in [1.54, 1.807) is 24.3 Å². The van der Waals surface area contributed by atoms with Crippen LogP contribution < -0.4 is 9.62 Å². The molecule has 1 amide bonds. The van der Waals surface area contributed by atoms with E-state index in [0.29, 0.717) is 23.7 Å². The van der Waals surface area contributed by atoms with Gasteiger partial charge in [-0.2, -0.15) is 0 Å². The number of nitrogens with zero attached hydrogens (tertiary/aromatic N) is 1. The van der Waals surface area contributed by atoms with Crippen LogP contribution in [0.3, 0.4) is 0 Å². The molecule has 146 valence electrons. The number of carbonyl (C=O) groups excluding carboxylic acids is 1. The standard InChI is InChI=1S/C20H25ClN2O3S/c1-27(25,26)23(19-12-5-11-18(21)16-19)15-7-13-20(24)22-14-6-10-17-8-3-2-4-9-17/h2-5,8-9,11-12,16H,6-7,10,13-15H2,1H3,(H,22,24). The van der Waals surface area contributed by atoms with Crippen LogP contribution in [0.1, 0.15) is 24.8 Å². The fraction of sp³-hybridized carbons (Fsp3) is 0.350. The molecular weight excluding hydrogens is 384 g/mol. The molecule has 7 heteroatoms. The summed E-state index contributed by atoms with van der Waals surface area (Å²) < 4.78 is 25.4. The van der Waals surface area contributed by atoms with Crippen LogP contribution in [0.5, 0.6) is 0 Å². The SMILES string of the molecule is CS(=O)(=O)N(CCCC(=O)NCCCc1ccccc1)c1cccc(Cl)c1. The van der Waals surface area contributed by atoms with Crippen LogP contribution in [0.25, 0.3) is 0 Å². The van der Waals surface area contributed by atoms with E-state index in [0.717, 1.165) is 19.1 Å². The molecule has 2 aromatic carbocycles. The normalized spacial score (nSPS) is 11.2. The highest BCUT2D eigenvalue weighted by Gasteiger charge is 2.17. The molecule has 0 fully saturated rings. The summed E-state index contributed by atoms with van der Waals surface area (Å²) in [5.41, 5.74) is 1.75. The average Bonchev–Trinajstić information content (AvgIpc) is 2.62. The highest BCUT2D eigenvalue weighted by atomic mass is 35.5. The number of anilines is 1. The number of rotatable bonds is 10. The summed E-state index contributed by atoms with van der Waals surface area (Å²) in [7, 11) is -3.44. The highest BCUT2D eigenvalue weighted by Crippen LogP contribution is 2.22. The number of sulfonamides is 1. The molecule has 1 N–H and O–H groups in total. The van der Waals surface area contributed by atoms with Gasteiger partial charge in [-0.1, -0.05) is 48.0 Å². The lowest BCUT2D eigenvalue weighted by Crippen LogP contribution is -2.32. The van der Waals surface area contributed by atoms with Crippen molar-refractivity contribution in [3.63, 3.8) is 0 Å². The number of aryl methyl sites for hydroxylation is 1. The molecule has 0 atom stereocenters. The third-order valence-electron chi connectivity index (χ3n) is 4.07. The fourth-order valence-corrected chi connectivity index (χ4v) is 3.90. The highest BCUT2D eigenvalue weighted by molar-refractivity contribution is 7.92. The molecule has 0 unspecified atom stereocenters. The smallest absolute Gasteiger partial charge is 0.232 e. The van der Waals surface area contributed by atoms with Crippen LogP contribution >= 0.6 is 11.6 Å². The van der Waals surface area contributed by atoms with Gasteiger partial charge in [0.15, 0.2) is 0 Å². The molecule has 2 aromatic rings. The molecule has 0 aromatic heterocycles. The minimum atomic E-state index is -3.44. The number of amides is 1. The zero-order chi connectivity index (χ0) is 19.7.